The monoisotopic (exact) mass is 310 g/mol. The molecule has 0 bridgehead atoms. The summed E-state index contributed by atoms with van der Waals surface area (Å²) in [5.74, 6) is -0.320. The second-order valence-electron chi connectivity index (χ2n) is 4.97. The van der Waals surface area contributed by atoms with E-state index in [0.717, 1.165) is 11.6 Å². The second kappa shape index (κ2) is 7.40. The Labute approximate surface area is 135 Å². The summed E-state index contributed by atoms with van der Waals surface area (Å²) in [7, 11) is 0. The first-order valence-electron chi connectivity index (χ1n) is 7.22. The molecule has 23 heavy (non-hydrogen) atoms. The van der Waals surface area contributed by atoms with E-state index in [2.05, 4.69) is 6.58 Å². The minimum Gasteiger partial charge on any atom is -0.454 e. The average Bonchev–Trinajstić information content (AvgIpc) is 2.56. The van der Waals surface area contributed by atoms with Crippen LogP contribution in [-0.4, -0.2) is 18.0 Å². The quantitative estimate of drug-likeness (QED) is 0.353. The molecule has 0 heterocycles. The van der Waals surface area contributed by atoms with Crippen LogP contribution in [0.3, 0.4) is 0 Å². The van der Waals surface area contributed by atoms with Crippen molar-refractivity contribution in [1.82, 2.24) is 0 Å². The molecule has 0 amide bonds. The van der Waals surface area contributed by atoms with Crippen LogP contribution in [0.4, 0.5) is 0 Å². The van der Waals surface area contributed by atoms with Crippen LogP contribution in [-0.2, 0) is 9.53 Å². The molecule has 0 saturated heterocycles. The van der Waals surface area contributed by atoms with Gasteiger partial charge in [-0.2, -0.15) is 0 Å². The van der Waals surface area contributed by atoms with Crippen molar-refractivity contribution in [2.75, 3.05) is 0 Å². The van der Waals surface area contributed by atoms with Gasteiger partial charge in [0.2, 0.25) is 6.29 Å². The van der Waals surface area contributed by atoms with Gasteiger partial charge in [0, 0.05) is 18.6 Å². The van der Waals surface area contributed by atoms with Crippen LogP contribution in [0.1, 0.15) is 28.4 Å². The predicted octanol–water partition coefficient (Wildman–Crippen LogP) is 3.68. The van der Waals surface area contributed by atoms with Crippen LogP contribution in [0, 0.1) is 6.92 Å². The first-order chi connectivity index (χ1) is 11.0. The molecule has 0 spiro atoms. The van der Waals surface area contributed by atoms with Crippen LogP contribution in [0.5, 0.6) is 5.75 Å². The maximum Gasteiger partial charge on any atom is 0.333 e. The molecule has 0 fully saturated rings. The highest BCUT2D eigenvalue weighted by Crippen LogP contribution is 2.27. The number of ketones is 1. The molecule has 0 saturated carbocycles. The van der Waals surface area contributed by atoms with Gasteiger partial charge in [-0.05, 0) is 18.6 Å². The number of carbonyl (C=O) groups is 2. The molecular formula is C19H18O4. The Morgan fingerprint density at radius 1 is 1.09 bits per heavy atom. The number of aryl methyl sites for hydroxylation is 1. The minimum absolute atomic E-state index is 0.147. The van der Waals surface area contributed by atoms with Crippen molar-refractivity contribution < 1.29 is 19.1 Å². The summed E-state index contributed by atoms with van der Waals surface area (Å²) in [5, 5.41) is 0. The molecule has 1 unspecified atom stereocenters. The molecule has 0 aliphatic heterocycles. The van der Waals surface area contributed by atoms with E-state index in [-0.39, 0.29) is 5.78 Å². The normalized spacial score (nSPS) is 11.4. The third-order valence-corrected chi connectivity index (χ3v) is 3.23. The summed E-state index contributed by atoms with van der Waals surface area (Å²) < 4.78 is 10.7. The number of benzene rings is 2. The molecule has 2 aromatic rings. The van der Waals surface area contributed by atoms with Gasteiger partial charge < -0.3 is 9.47 Å². The van der Waals surface area contributed by atoms with Crippen molar-refractivity contribution in [3.63, 3.8) is 0 Å². The molecule has 0 N–H and O–H groups in total. The van der Waals surface area contributed by atoms with Crippen LogP contribution >= 0.6 is 0 Å². The largest absolute Gasteiger partial charge is 0.454 e. The molecule has 4 heteroatoms. The van der Waals surface area contributed by atoms with Crippen molar-refractivity contribution in [1.29, 1.82) is 0 Å². The number of hydrogen-bond donors (Lipinski definition) is 0. The van der Waals surface area contributed by atoms with Crippen molar-refractivity contribution in [2.24, 2.45) is 0 Å². The number of rotatable bonds is 6. The van der Waals surface area contributed by atoms with E-state index in [4.69, 9.17) is 9.47 Å². The summed E-state index contributed by atoms with van der Waals surface area (Å²) >= 11 is 0. The Hall–Kier alpha value is -2.88. The van der Waals surface area contributed by atoms with Gasteiger partial charge in [-0.1, -0.05) is 49.0 Å². The Morgan fingerprint density at radius 3 is 2.43 bits per heavy atom. The fourth-order valence-electron chi connectivity index (χ4n) is 2.13. The summed E-state index contributed by atoms with van der Waals surface area (Å²) in [6, 6.07) is 14.3. The summed E-state index contributed by atoms with van der Waals surface area (Å²) in [6.45, 7) is 6.76. The lowest BCUT2D eigenvalue weighted by molar-refractivity contribution is -0.155. The van der Waals surface area contributed by atoms with E-state index in [1.54, 1.807) is 43.3 Å². The standard InChI is InChI=1S/C19H18O4/c1-4-17(20)22-14(3)23-19-13(2)9-8-12-16(19)18(21)15-10-6-5-7-11-15/h4-12,14H,1H2,2-3H3. The average molecular weight is 310 g/mol. The number of para-hydroxylation sites is 1. The number of ether oxygens (including phenoxy) is 2. The Bertz CT molecular complexity index is 719. The van der Waals surface area contributed by atoms with Gasteiger partial charge in [-0.25, -0.2) is 4.79 Å². The molecule has 0 radical (unpaired) electrons. The van der Waals surface area contributed by atoms with Crippen LogP contribution in [0.25, 0.3) is 0 Å². The molecule has 118 valence electrons. The van der Waals surface area contributed by atoms with E-state index in [9.17, 15) is 9.59 Å². The van der Waals surface area contributed by atoms with Crippen molar-refractivity contribution in [3.8, 4) is 5.75 Å². The van der Waals surface area contributed by atoms with Gasteiger partial charge in [0.05, 0.1) is 5.56 Å². The maximum atomic E-state index is 12.7. The fraction of sp³-hybridized carbons (Fsp3) is 0.158. The maximum absolute atomic E-state index is 12.7. The lowest BCUT2D eigenvalue weighted by Crippen LogP contribution is -2.21. The molecule has 0 aliphatic rings. The summed E-state index contributed by atoms with van der Waals surface area (Å²) in [5.41, 5.74) is 1.78. The summed E-state index contributed by atoms with van der Waals surface area (Å²) in [6.07, 6.45) is 0.234. The van der Waals surface area contributed by atoms with Gasteiger partial charge in [0.15, 0.2) is 5.78 Å². The molecule has 4 nitrogen and oxygen atoms in total. The Kier molecular flexibility index (Phi) is 5.31. The van der Waals surface area contributed by atoms with E-state index < -0.39 is 12.3 Å². The molecule has 0 aliphatic carbocycles. The predicted molar refractivity (Wildman–Crippen MR) is 87.4 cm³/mol. The summed E-state index contributed by atoms with van der Waals surface area (Å²) in [4.78, 5) is 23.9. The Morgan fingerprint density at radius 2 is 1.78 bits per heavy atom. The number of carbonyl (C=O) groups excluding carboxylic acids is 2. The van der Waals surface area contributed by atoms with E-state index in [0.29, 0.717) is 16.9 Å². The third kappa shape index (κ3) is 4.07. The number of hydrogen-bond acceptors (Lipinski definition) is 4. The number of esters is 1. The van der Waals surface area contributed by atoms with Crippen LogP contribution in [0.15, 0.2) is 61.2 Å². The first-order valence-corrected chi connectivity index (χ1v) is 7.22. The minimum atomic E-state index is -0.830. The third-order valence-electron chi connectivity index (χ3n) is 3.23. The topological polar surface area (TPSA) is 52.6 Å². The highest BCUT2D eigenvalue weighted by Gasteiger charge is 2.19. The zero-order chi connectivity index (χ0) is 16.8. The van der Waals surface area contributed by atoms with Crippen LogP contribution < -0.4 is 4.74 Å². The van der Waals surface area contributed by atoms with E-state index >= 15 is 0 Å². The highest BCUT2D eigenvalue weighted by atomic mass is 16.7. The molecule has 0 aromatic heterocycles. The lowest BCUT2D eigenvalue weighted by Gasteiger charge is -2.18. The SMILES string of the molecule is C=CC(=O)OC(C)Oc1c(C)cccc1C(=O)c1ccccc1. The molecule has 1 atom stereocenters. The molecule has 2 rings (SSSR count). The van der Waals surface area contributed by atoms with Crippen molar-refractivity contribution in [2.45, 2.75) is 20.1 Å². The molecule has 2 aromatic carbocycles. The fourth-order valence-corrected chi connectivity index (χ4v) is 2.13. The molecular weight excluding hydrogens is 292 g/mol. The van der Waals surface area contributed by atoms with Gasteiger partial charge in [-0.15, -0.1) is 0 Å². The lowest BCUT2D eigenvalue weighted by atomic mass is 10.0. The van der Waals surface area contributed by atoms with Gasteiger partial charge >= 0.3 is 5.97 Å². The zero-order valence-corrected chi connectivity index (χ0v) is 13.1. The van der Waals surface area contributed by atoms with Crippen molar-refractivity contribution in [3.05, 3.63) is 77.9 Å². The van der Waals surface area contributed by atoms with E-state index in [1.807, 2.05) is 19.1 Å². The van der Waals surface area contributed by atoms with Gasteiger partial charge in [0.1, 0.15) is 5.75 Å². The van der Waals surface area contributed by atoms with Crippen molar-refractivity contribution >= 4 is 11.8 Å². The van der Waals surface area contributed by atoms with Gasteiger partial charge in [-0.3, -0.25) is 4.79 Å². The Balaban J connectivity index is 2.31. The highest BCUT2D eigenvalue weighted by molar-refractivity contribution is 6.10. The first kappa shape index (κ1) is 16.5. The van der Waals surface area contributed by atoms with E-state index in [1.165, 1.54) is 0 Å². The second-order valence-corrected chi connectivity index (χ2v) is 4.97. The zero-order valence-electron chi connectivity index (χ0n) is 13.1. The smallest absolute Gasteiger partial charge is 0.333 e. The van der Waals surface area contributed by atoms with Crippen LogP contribution in [0.2, 0.25) is 0 Å². The van der Waals surface area contributed by atoms with Gasteiger partial charge in [0.25, 0.3) is 0 Å².